The Morgan fingerprint density at radius 1 is 1.71 bits per heavy atom. The molecule has 2 amide bonds. The first-order valence-corrected chi connectivity index (χ1v) is 4.34. The molecule has 1 aromatic heterocycles. The third kappa shape index (κ3) is 2.46. The van der Waals surface area contributed by atoms with E-state index >= 15 is 0 Å². The van der Waals surface area contributed by atoms with Gasteiger partial charge in [-0.15, -0.1) is 0 Å². The van der Waals surface area contributed by atoms with Crippen molar-refractivity contribution in [3.05, 3.63) is 12.0 Å². The van der Waals surface area contributed by atoms with Crippen LogP contribution in [0.25, 0.3) is 0 Å². The van der Waals surface area contributed by atoms with Crippen LogP contribution in [0.4, 0.5) is 10.8 Å². The second kappa shape index (κ2) is 4.61. The first-order valence-electron chi connectivity index (χ1n) is 4.34. The van der Waals surface area contributed by atoms with Crippen LogP contribution in [0.2, 0.25) is 0 Å². The first-order chi connectivity index (χ1) is 6.65. The molecule has 0 saturated heterocycles. The molecule has 0 bridgehead atoms. The van der Waals surface area contributed by atoms with Crippen molar-refractivity contribution in [2.75, 3.05) is 18.0 Å². The van der Waals surface area contributed by atoms with Gasteiger partial charge in [-0.3, -0.25) is 0 Å². The summed E-state index contributed by atoms with van der Waals surface area (Å²) in [5.41, 5.74) is 10.5. The Morgan fingerprint density at radius 3 is 2.86 bits per heavy atom. The number of aromatic nitrogens is 1. The summed E-state index contributed by atoms with van der Waals surface area (Å²) in [5, 5.41) is 0. The Labute approximate surface area is 81.9 Å². The van der Waals surface area contributed by atoms with Crippen LogP contribution >= 0.6 is 0 Å². The minimum Gasteiger partial charge on any atom is -0.429 e. The van der Waals surface area contributed by atoms with Crippen LogP contribution in [0.1, 0.15) is 12.2 Å². The number of nitrogens with zero attached hydrogens (tertiary/aromatic N) is 2. The highest BCUT2D eigenvalue weighted by Gasteiger charge is 2.16. The number of nitrogens with two attached hydrogens (primary N) is 2. The summed E-state index contributed by atoms with van der Waals surface area (Å²) in [6.07, 6.45) is 2.19. The minimum absolute atomic E-state index is 0.225. The number of hydrogen-bond acceptors (Lipinski definition) is 4. The van der Waals surface area contributed by atoms with Crippen LogP contribution in [-0.4, -0.2) is 24.1 Å². The zero-order chi connectivity index (χ0) is 10.6. The van der Waals surface area contributed by atoms with E-state index in [1.165, 1.54) is 11.1 Å². The monoisotopic (exact) mass is 198 g/mol. The molecule has 14 heavy (non-hydrogen) atoms. The highest BCUT2D eigenvalue weighted by atomic mass is 16.4. The van der Waals surface area contributed by atoms with Gasteiger partial charge in [0.25, 0.3) is 0 Å². The van der Waals surface area contributed by atoms with E-state index < -0.39 is 6.03 Å². The Balaban J connectivity index is 2.72. The van der Waals surface area contributed by atoms with E-state index in [1.54, 1.807) is 6.92 Å². The van der Waals surface area contributed by atoms with Gasteiger partial charge in [-0.1, -0.05) is 0 Å². The van der Waals surface area contributed by atoms with E-state index in [0.29, 0.717) is 25.3 Å². The number of urea groups is 1. The van der Waals surface area contributed by atoms with Crippen molar-refractivity contribution >= 4 is 12.0 Å². The minimum atomic E-state index is -0.583. The summed E-state index contributed by atoms with van der Waals surface area (Å²) >= 11 is 0. The average Bonchev–Trinajstić information content (AvgIpc) is 2.52. The van der Waals surface area contributed by atoms with E-state index in [-0.39, 0.29) is 6.01 Å². The standard InChI is InChI=1S/C8H14N4O2/c1-6-5-11-8(14-6)12(7(10)13)4-2-3-9/h5H,2-4,9H2,1H3,(H2,10,13). The quantitative estimate of drug-likeness (QED) is 0.722. The van der Waals surface area contributed by atoms with Crippen molar-refractivity contribution in [3.63, 3.8) is 0 Å². The van der Waals surface area contributed by atoms with Crippen LogP contribution in [-0.2, 0) is 0 Å². The van der Waals surface area contributed by atoms with Gasteiger partial charge in [0.1, 0.15) is 5.76 Å². The van der Waals surface area contributed by atoms with E-state index in [9.17, 15) is 4.79 Å². The molecule has 0 aliphatic rings. The van der Waals surface area contributed by atoms with Crippen LogP contribution in [0, 0.1) is 6.92 Å². The van der Waals surface area contributed by atoms with Gasteiger partial charge < -0.3 is 15.9 Å². The number of aryl methyl sites for hydroxylation is 1. The van der Waals surface area contributed by atoms with E-state index in [0.717, 1.165) is 0 Å². The number of carbonyl (C=O) groups is 1. The zero-order valence-corrected chi connectivity index (χ0v) is 8.06. The Morgan fingerprint density at radius 2 is 2.43 bits per heavy atom. The van der Waals surface area contributed by atoms with Crippen LogP contribution in [0.3, 0.4) is 0 Å². The molecule has 0 saturated carbocycles. The lowest BCUT2D eigenvalue weighted by Gasteiger charge is -2.14. The summed E-state index contributed by atoms with van der Waals surface area (Å²) in [6, 6.07) is -0.358. The molecule has 0 radical (unpaired) electrons. The molecule has 6 heteroatoms. The average molecular weight is 198 g/mol. The third-order valence-electron chi connectivity index (χ3n) is 1.69. The Bertz CT molecular complexity index is 310. The molecule has 0 aliphatic heterocycles. The molecule has 1 heterocycles. The fraction of sp³-hybridized carbons (Fsp3) is 0.500. The number of primary amides is 1. The third-order valence-corrected chi connectivity index (χ3v) is 1.69. The maximum absolute atomic E-state index is 11.0. The summed E-state index contributed by atoms with van der Waals surface area (Å²) < 4.78 is 5.18. The van der Waals surface area contributed by atoms with E-state index in [2.05, 4.69) is 4.98 Å². The van der Waals surface area contributed by atoms with Gasteiger partial charge in [0.15, 0.2) is 0 Å². The molecule has 0 aromatic carbocycles. The molecule has 0 aliphatic carbocycles. The molecule has 6 nitrogen and oxygen atoms in total. The second-order valence-corrected chi connectivity index (χ2v) is 2.89. The number of rotatable bonds is 4. The molecule has 0 unspecified atom stereocenters. The van der Waals surface area contributed by atoms with Gasteiger partial charge in [-0.05, 0) is 19.9 Å². The molecule has 1 aromatic rings. The zero-order valence-electron chi connectivity index (χ0n) is 8.06. The number of amides is 2. The van der Waals surface area contributed by atoms with Crippen LogP contribution in [0.5, 0.6) is 0 Å². The second-order valence-electron chi connectivity index (χ2n) is 2.89. The molecule has 0 atom stereocenters. The van der Waals surface area contributed by atoms with Gasteiger partial charge in [0.2, 0.25) is 0 Å². The topological polar surface area (TPSA) is 98.4 Å². The van der Waals surface area contributed by atoms with Gasteiger partial charge >= 0.3 is 12.0 Å². The summed E-state index contributed by atoms with van der Waals surface area (Å²) in [6.45, 7) is 2.66. The van der Waals surface area contributed by atoms with Crippen molar-refractivity contribution < 1.29 is 9.21 Å². The van der Waals surface area contributed by atoms with Crippen molar-refractivity contribution in [2.45, 2.75) is 13.3 Å². The van der Waals surface area contributed by atoms with Crippen LogP contribution in [0.15, 0.2) is 10.6 Å². The largest absolute Gasteiger partial charge is 0.429 e. The number of anilines is 1. The van der Waals surface area contributed by atoms with Crippen molar-refractivity contribution in [1.29, 1.82) is 0 Å². The number of hydrogen-bond donors (Lipinski definition) is 2. The van der Waals surface area contributed by atoms with E-state index in [1.807, 2.05) is 0 Å². The normalized spacial score (nSPS) is 10.1. The van der Waals surface area contributed by atoms with Gasteiger partial charge in [-0.2, -0.15) is 0 Å². The molecule has 4 N–H and O–H groups in total. The lowest BCUT2D eigenvalue weighted by atomic mass is 10.4. The van der Waals surface area contributed by atoms with Gasteiger partial charge in [-0.25, -0.2) is 14.7 Å². The lowest BCUT2D eigenvalue weighted by molar-refractivity contribution is 0.252. The smallest absolute Gasteiger partial charge is 0.322 e. The lowest BCUT2D eigenvalue weighted by Crippen LogP contribution is -2.37. The Hall–Kier alpha value is -1.56. The predicted octanol–water partition coefficient (Wildman–Crippen LogP) is 0.217. The predicted molar refractivity (Wildman–Crippen MR) is 51.8 cm³/mol. The summed E-state index contributed by atoms with van der Waals surface area (Å²) in [4.78, 5) is 16.2. The SMILES string of the molecule is Cc1cnc(N(CCCN)C(N)=O)o1. The number of oxazole rings is 1. The maximum Gasteiger partial charge on any atom is 0.322 e. The fourth-order valence-corrected chi connectivity index (χ4v) is 1.02. The van der Waals surface area contributed by atoms with Crippen LogP contribution < -0.4 is 16.4 Å². The van der Waals surface area contributed by atoms with Crippen molar-refractivity contribution in [1.82, 2.24) is 4.98 Å². The van der Waals surface area contributed by atoms with E-state index in [4.69, 9.17) is 15.9 Å². The summed E-state index contributed by atoms with van der Waals surface area (Å²) in [7, 11) is 0. The highest BCUT2D eigenvalue weighted by Crippen LogP contribution is 2.13. The van der Waals surface area contributed by atoms with Gasteiger partial charge in [0, 0.05) is 6.54 Å². The van der Waals surface area contributed by atoms with Gasteiger partial charge in [0.05, 0.1) is 6.20 Å². The molecule has 1 rings (SSSR count). The molecule has 78 valence electrons. The number of carbonyl (C=O) groups excluding carboxylic acids is 1. The van der Waals surface area contributed by atoms with Crippen molar-refractivity contribution in [2.24, 2.45) is 11.5 Å². The maximum atomic E-state index is 11.0. The molecule has 0 spiro atoms. The van der Waals surface area contributed by atoms with Crippen molar-refractivity contribution in [3.8, 4) is 0 Å². The first kappa shape index (κ1) is 10.5. The molecule has 0 fully saturated rings. The fourth-order valence-electron chi connectivity index (χ4n) is 1.02. The molecular formula is C8H14N4O2. The Kier molecular flexibility index (Phi) is 3.47. The summed E-state index contributed by atoms with van der Waals surface area (Å²) in [5.74, 6) is 0.638. The molecular weight excluding hydrogens is 184 g/mol. The highest BCUT2D eigenvalue weighted by molar-refractivity contribution is 5.88.